The highest BCUT2D eigenvalue weighted by atomic mass is 16.4. The Labute approximate surface area is 119 Å². The maximum atomic E-state index is 11.9. The zero-order chi connectivity index (χ0) is 14.5. The van der Waals surface area contributed by atoms with E-state index in [1.807, 2.05) is 30.3 Å². The van der Waals surface area contributed by atoms with E-state index in [-0.39, 0.29) is 5.78 Å². The zero-order valence-electron chi connectivity index (χ0n) is 11.8. The highest BCUT2D eigenvalue weighted by Gasteiger charge is 2.14. The average molecular weight is 272 g/mol. The second-order valence-electron chi connectivity index (χ2n) is 5.38. The lowest BCUT2D eigenvalue weighted by molar-refractivity contribution is -0.138. The molecule has 106 valence electrons. The number of carboxylic acid groups (broad SMARTS) is 1. The Morgan fingerprint density at radius 3 is 2.45 bits per heavy atom. The Hall–Kier alpha value is -1.90. The van der Waals surface area contributed by atoms with Crippen LogP contribution < -0.4 is 0 Å². The maximum absolute atomic E-state index is 11.9. The van der Waals surface area contributed by atoms with Crippen molar-refractivity contribution in [2.75, 3.05) is 0 Å². The number of ketones is 1. The molecule has 1 atom stereocenters. The first-order chi connectivity index (χ1) is 9.58. The summed E-state index contributed by atoms with van der Waals surface area (Å²) in [5.74, 6) is -1.07. The second kappa shape index (κ2) is 6.51. The number of benzene rings is 1. The first-order valence-corrected chi connectivity index (χ1v) is 7.14. The van der Waals surface area contributed by atoms with Gasteiger partial charge in [0.1, 0.15) is 0 Å². The van der Waals surface area contributed by atoms with Gasteiger partial charge in [-0.3, -0.25) is 9.59 Å². The van der Waals surface area contributed by atoms with Crippen LogP contribution in [0.4, 0.5) is 0 Å². The van der Waals surface area contributed by atoms with Gasteiger partial charge in [0.05, 0.1) is 5.92 Å². The third-order valence-corrected chi connectivity index (χ3v) is 3.86. The normalized spacial score (nSPS) is 19.6. The van der Waals surface area contributed by atoms with Crippen LogP contribution in [-0.4, -0.2) is 16.9 Å². The van der Waals surface area contributed by atoms with E-state index in [4.69, 9.17) is 5.11 Å². The van der Waals surface area contributed by atoms with Crippen LogP contribution in [-0.2, 0) is 9.59 Å². The Bertz CT molecular complexity index is 526. The van der Waals surface area contributed by atoms with E-state index in [2.05, 4.69) is 0 Å². The summed E-state index contributed by atoms with van der Waals surface area (Å²) in [4.78, 5) is 22.9. The lowest BCUT2D eigenvalue weighted by Gasteiger charge is -2.07. The number of carbonyl (C=O) groups excluding carboxylic acids is 1. The minimum absolute atomic E-state index is 0.255. The molecule has 0 radical (unpaired) electrons. The summed E-state index contributed by atoms with van der Waals surface area (Å²) in [7, 11) is 0. The first-order valence-electron chi connectivity index (χ1n) is 7.14. The van der Waals surface area contributed by atoms with E-state index >= 15 is 0 Å². The van der Waals surface area contributed by atoms with Crippen LogP contribution in [0.3, 0.4) is 0 Å². The molecule has 1 fully saturated rings. The highest BCUT2D eigenvalue weighted by Crippen LogP contribution is 2.23. The van der Waals surface area contributed by atoms with Gasteiger partial charge < -0.3 is 5.11 Å². The van der Waals surface area contributed by atoms with E-state index in [1.54, 1.807) is 6.92 Å². The fraction of sp³-hybridized carbons (Fsp3) is 0.412. The molecule has 0 aromatic heterocycles. The lowest BCUT2D eigenvalue weighted by atomic mass is 9.98. The molecule has 20 heavy (non-hydrogen) atoms. The summed E-state index contributed by atoms with van der Waals surface area (Å²) in [6.45, 7) is 1.67. The molecule has 0 amide bonds. The van der Waals surface area contributed by atoms with Crippen molar-refractivity contribution in [2.24, 2.45) is 0 Å². The smallest absolute Gasteiger partial charge is 0.310 e. The van der Waals surface area contributed by atoms with Gasteiger partial charge in [0, 0.05) is 6.42 Å². The van der Waals surface area contributed by atoms with Gasteiger partial charge in [0.2, 0.25) is 0 Å². The summed E-state index contributed by atoms with van der Waals surface area (Å²) < 4.78 is 0. The molecule has 0 unspecified atom stereocenters. The molecule has 0 aliphatic heterocycles. The van der Waals surface area contributed by atoms with E-state index < -0.39 is 11.9 Å². The SMILES string of the molecule is C[C@@H](C(=O)O)c1ccc(/C=C2/CCCCCC2=O)cc1. The maximum Gasteiger partial charge on any atom is 0.310 e. The molecule has 1 aromatic rings. The van der Waals surface area contributed by atoms with E-state index in [0.717, 1.165) is 42.4 Å². The van der Waals surface area contributed by atoms with Crippen LogP contribution in [0.25, 0.3) is 6.08 Å². The van der Waals surface area contributed by atoms with Gasteiger partial charge in [0.15, 0.2) is 5.78 Å². The fourth-order valence-corrected chi connectivity index (χ4v) is 2.46. The first kappa shape index (κ1) is 14.5. The van der Waals surface area contributed by atoms with E-state index in [1.165, 1.54) is 0 Å². The number of allylic oxidation sites excluding steroid dienone is 1. The number of Topliss-reactive ketones (excluding diaryl/α,β-unsaturated/α-hetero) is 1. The van der Waals surface area contributed by atoms with Crippen molar-refractivity contribution in [3.63, 3.8) is 0 Å². The van der Waals surface area contributed by atoms with Gasteiger partial charge in [-0.2, -0.15) is 0 Å². The van der Waals surface area contributed by atoms with Crippen LogP contribution in [0.5, 0.6) is 0 Å². The van der Waals surface area contributed by atoms with Crippen molar-refractivity contribution in [3.8, 4) is 0 Å². The molecule has 1 aliphatic rings. The van der Waals surface area contributed by atoms with Crippen LogP contribution in [0.2, 0.25) is 0 Å². The van der Waals surface area contributed by atoms with Crippen molar-refractivity contribution >= 4 is 17.8 Å². The average Bonchev–Trinajstić information content (AvgIpc) is 2.64. The Balaban J connectivity index is 2.17. The molecule has 0 saturated heterocycles. The predicted molar refractivity (Wildman–Crippen MR) is 78.6 cm³/mol. The molecule has 2 rings (SSSR count). The summed E-state index contributed by atoms with van der Waals surface area (Å²) in [5.41, 5.74) is 2.66. The third kappa shape index (κ3) is 3.56. The molecule has 1 aliphatic carbocycles. The van der Waals surface area contributed by atoms with Crippen molar-refractivity contribution in [1.82, 2.24) is 0 Å². The van der Waals surface area contributed by atoms with Gasteiger partial charge in [-0.25, -0.2) is 0 Å². The quantitative estimate of drug-likeness (QED) is 0.672. The molecular formula is C17H20O3. The molecule has 1 saturated carbocycles. The minimum Gasteiger partial charge on any atom is -0.481 e. The number of hydrogen-bond donors (Lipinski definition) is 1. The van der Waals surface area contributed by atoms with Gasteiger partial charge >= 0.3 is 5.97 Å². The van der Waals surface area contributed by atoms with Crippen molar-refractivity contribution in [1.29, 1.82) is 0 Å². The van der Waals surface area contributed by atoms with Crippen LogP contribution >= 0.6 is 0 Å². The summed E-state index contributed by atoms with van der Waals surface area (Å²) >= 11 is 0. The Morgan fingerprint density at radius 1 is 1.15 bits per heavy atom. The largest absolute Gasteiger partial charge is 0.481 e. The lowest BCUT2D eigenvalue weighted by Crippen LogP contribution is -2.07. The van der Waals surface area contributed by atoms with Crippen LogP contribution in [0.1, 0.15) is 56.1 Å². The standard InChI is InChI=1S/C17H20O3/c1-12(17(19)20)14-9-7-13(8-10-14)11-15-5-3-2-4-6-16(15)18/h7-12H,2-6H2,1H3,(H,19,20)/b15-11-/t12-/m1/s1. The molecule has 3 nitrogen and oxygen atoms in total. The topological polar surface area (TPSA) is 54.4 Å². The Kier molecular flexibility index (Phi) is 4.72. The number of hydrogen-bond acceptors (Lipinski definition) is 2. The molecule has 0 heterocycles. The Morgan fingerprint density at radius 2 is 1.80 bits per heavy atom. The van der Waals surface area contributed by atoms with E-state index in [0.29, 0.717) is 6.42 Å². The number of rotatable bonds is 3. The van der Waals surface area contributed by atoms with Crippen molar-refractivity contribution < 1.29 is 14.7 Å². The van der Waals surface area contributed by atoms with Gasteiger partial charge in [-0.1, -0.05) is 30.7 Å². The zero-order valence-corrected chi connectivity index (χ0v) is 11.8. The molecular weight excluding hydrogens is 252 g/mol. The molecule has 1 N–H and O–H groups in total. The monoisotopic (exact) mass is 272 g/mol. The second-order valence-corrected chi connectivity index (χ2v) is 5.38. The molecule has 1 aromatic carbocycles. The summed E-state index contributed by atoms with van der Waals surface area (Å²) in [6.07, 6.45) is 6.64. The molecule has 0 spiro atoms. The van der Waals surface area contributed by atoms with Crippen molar-refractivity contribution in [2.45, 2.75) is 44.9 Å². The number of carboxylic acids is 1. The number of carbonyl (C=O) groups is 2. The molecule has 3 heteroatoms. The van der Waals surface area contributed by atoms with Gasteiger partial charge in [-0.05, 0) is 49.0 Å². The van der Waals surface area contributed by atoms with Crippen LogP contribution in [0.15, 0.2) is 29.8 Å². The molecule has 0 bridgehead atoms. The number of aliphatic carboxylic acids is 1. The predicted octanol–water partition coefficient (Wildman–Crippen LogP) is 3.79. The third-order valence-electron chi connectivity index (χ3n) is 3.86. The summed E-state index contributed by atoms with van der Waals surface area (Å²) in [5, 5.41) is 8.98. The van der Waals surface area contributed by atoms with Gasteiger partial charge in [0.25, 0.3) is 0 Å². The fourth-order valence-electron chi connectivity index (χ4n) is 2.46. The van der Waals surface area contributed by atoms with Crippen molar-refractivity contribution in [3.05, 3.63) is 41.0 Å². The minimum atomic E-state index is -0.824. The van der Waals surface area contributed by atoms with Gasteiger partial charge in [-0.15, -0.1) is 0 Å². The summed E-state index contributed by atoms with van der Waals surface area (Å²) in [6, 6.07) is 7.43. The van der Waals surface area contributed by atoms with E-state index in [9.17, 15) is 9.59 Å². The highest BCUT2D eigenvalue weighted by molar-refractivity contribution is 5.99. The van der Waals surface area contributed by atoms with Crippen LogP contribution in [0, 0.1) is 0 Å².